The summed E-state index contributed by atoms with van der Waals surface area (Å²) in [5, 5.41) is 11.2. The number of amides is 1. The molecule has 4 aromatic carbocycles. The molecular formula is C33H27N5O3. The molecule has 2 heterocycles. The lowest BCUT2D eigenvalue weighted by molar-refractivity contribution is 0.102. The molecule has 0 fully saturated rings. The third kappa shape index (κ3) is 5.18. The summed E-state index contributed by atoms with van der Waals surface area (Å²) in [5.41, 5.74) is 5.35. The molecule has 2 N–H and O–H groups in total. The zero-order chi connectivity index (χ0) is 28.2. The normalized spacial score (nSPS) is 10.8. The van der Waals surface area contributed by atoms with Crippen LogP contribution >= 0.6 is 0 Å². The Hall–Kier alpha value is -5.63. The van der Waals surface area contributed by atoms with Crippen molar-refractivity contribution in [1.29, 1.82) is 0 Å². The smallest absolute Gasteiger partial charge is 0.263 e. The lowest BCUT2D eigenvalue weighted by Crippen LogP contribution is -2.14. The molecule has 0 saturated carbocycles. The van der Waals surface area contributed by atoms with Crippen LogP contribution in [0.5, 0.6) is 11.5 Å². The fourth-order valence-corrected chi connectivity index (χ4v) is 4.63. The molecule has 6 aromatic rings. The molecule has 41 heavy (non-hydrogen) atoms. The number of carbonyl (C=O) groups is 1. The van der Waals surface area contributed by atoms with Gasteiger partial charge < -0.3 is 20.1 Å². The first-order chi connectivity index (χ1) is 20.1. The number of para-hydroxylation sites is 1. The number of fused-ring (bicyclic) bond motifs is 1. The summed E-state index contributed by atoms with van der Waals surface area (Å²) in [6.07, 6.45) is 0. The van der Waals surface area contributed by atoms with Gasteiger partial charge in [0.25, 0.3) is 5.91 Å². The lowest BCUT2D eigenvalue weighted by Gasteiger charge is -2.12. The second-order valence-corrected chi connectivity index (χ2v) is 9.23. The summed E-state index contributed by atoms with van der Waals surface area (Å²) in [7, 11) is 3.17. The number of hydrogen-bond donors (Lipinski definition) is 2. The first-order valence-electron chi connectivity index (χ1n) is 13.0. The number of nitrogens with one attached hydrogen (secondary N) is 2. The average molecular weight is 542 g/mol. The Kier molecular flexibility index (Phi) is 7.02. The number of hydrogen-bond acceptors (Lipinski definition) is 6. The van der Waals surface area contributed by atoms with E-state index >= 15 is 0 Å². The Morgan fingerprint density at radius 1 is 0.756 bits per heavy atom. The zero-order valence-electron chi connectivity index (χ0n) is 22.5. The number of nitrogens with zero attached hydrogens (tertiary/aromatic N) is 3. The van der Waals surface area contributed by atoms with Gasteiger partial charge >= 0.3 is 0 Å². The van der Waals surface area contributed by atoms with Crippen molar-refractivity contribution in [3.8, 4) is 34.0 Å². The van der Waals surface area contributed by atoms with Crippen molar-refractivity contribution in [1.82, 2.24) is 14.6 Å². The van der Waals surface area contributed by atoms with E-state index in [0.717, 1.165) is 22.5 Å². The number of methoxy groups -OCH3 is 2. The highest BCUT2D eigenvalue weighted by Crippen LogP contribution is 2.35. The molecule has 1 amide bonds. The highest BCUT2D eigenvalue weighted by molar-refractivity contribution is 6.12. The van der Waals surface area contributed by atoms with Crippen LogP contribution in [0.1, 0.15) is 10.4 Å². The number of aromatic nitrogens is 3. The van der Waals surface area contributed by atoms with E-state index in [1.807, 2.05) is 109 Å². The molecule has 0 unspecified atom stereocenters. The Morgan fingerprint density at radius 3 is 2.07 bits per heavy atom. The number of benzene rings is 4. The first-order valence-corrected chi connectivity index (χ1v) is 13.0. The summed E-state index contributed by atoms with van der Waals surface area (Å²) in [5.74, 6) is 1.16. The monoisotopic (exact) mass is 541 g/mol. The molecule has 0 aliphatic carbocycles. The molecule has 6 rings (SSSR count). The molecule has 0 aliphatic rings. The third-order valence-corrected chi connectivity index (χ3v) is 6.65. The maximum absolute atomic E-state index is 14.0. The lowest BCUT2D eigenvalue weighted by atomic mass is 10.1. The quantitative estimate of drug-likeness (QED) is 0.214. The number of rotatable bonds is 8. The second kappa shape index (κ2) is 11.2. The van der Waals surface area contributed by atoms with Crippen LogP contribution in [0.25, 0.3) is 28.2 Å². The van der Waals surface area contributed by atoms with Gasteiger partial charge in [-0.05, 0) is 30.3 Å². The van der Waals surface area contributed by atoms with E-state index in [9.17, 15) is 4.79 Å². The van der Waals surface area contributed by atoms with Crippen LogP contribution in [0.15, 0.2) is 115 Å². The summed E-state index contributed by atoms with van der Waals surface area (Å²) in [6, 6.07) is 36.5. The molecule has 0 saturated heterocycles. The van der Waals surface area contributed by atoms with E-state index < -0.39 is 0 Å². The number of carbonyl (C=O) groups excluding carboxylic acids is 1. The van der Waals surface area contributed by atoms with Gasteiger partial charge in [0.15, 0.2) is 11.5 Å². The Labute approximate surface area is 237 Å². The van der Waals surface area contributed by atoms with Crippen molar-refractivity contribution in [2.75, 3.05) is 24.9 Å². The van der Waals surface area contributed by atoms with Crippen LogP contribution in [0.2, 0.25) is 0 Å². The second-order valence-electron chi connectivity index (χ2n) is 9.23. The Morgan fingerprint density at radius 2 is 1.41 bits per heavy atom. The Balaban J connectivity index is 1.59. The van der Waals surface area contributed by atoms with Crippen molar-refractivity contribution in [3.05, 3.63) is 121 Å². The van der Waals surface area contributed by atoms with E-state index in [4.69, 9.17) is 19.6 Å². The maximum Gasteiger partial charge on any atom is 0.263 e. The van der Waals surface area contributed by atoms with E-state index in [-0.39, 0.29) is 5.91 Å². The van der Waals surface area contributed by atoms with Crippen molar-refractivity contribution in [3.63, 3.8) is 0 Å². The Bertz CT molecular complexity index is 1820. The van der Waals surface area contributed by atoms with Crippen molar-refractivity contribution in [2.24, 2.45) is 0 Å². The molecule has 0 atom stereocenters. The molecule has 2 aromatic heterocycles. The average Bonchev–Trinajstić information content (AvgIpc) is 3.40. The van der Waals surface area contributed by atoms with E-state index in [2.05, 4.69) is 10.6 Å². The fraction of sp³-hybridized carbons (Fsp3) is 0.0606. The van der Waals surface area contributed by atoms with Gasteiger partial charge in [0, 0.05) is 22.9 Å². The molecule has 8 nitrogen and oxygen atoms in total. The molecular weight excluding hydrogens is 514 g/mol. The van der Waals surface area contributed by atoms with Gasteiger partial charge in [0.1, 0.15) is 17.1 Å². The van der Waals surface area contributed by atoms with E-state index in [0.29, 0.717) is 39.9 Å². The van der Waals surface area contributed by atoms with Gasteiger partial charge in [-0.15, -0.1) is 5.10 Å². The SMILES string of the molecule is COc1ccc(Nc2nn3c(-c4ccccc4)cc(-c4ccccc4)nc3c2C(=O)Nc2ccccc2)c(OC)c1. The van der Waals surface area contributed by atoms with Crippen molar-refractivity contribution < 1.29 is 14.3 Å². The zero-order valence-corrected chi connectivity index (χ0v) is 22.5. The predicted octanol–water partition coefficient (Wildman–Crippen LogP) is 7.08. The van der Waals surface area contributed by atoms with Crippen LogP contribution in [-0.4, -0.2) is 34.7 Å². The standard InChI is InChI=1S/C33H27N5O3/c1-40-25-18-19-26(29(20-25)41-2)35-31-30(33(39)34-24-16-10-5-11-17-24)32-36-27(22-12-6-3-7-13-22)21-28(38(32)37-31)23-14-8-4-9-15-23/h3-21H,1-2H3,(H,34,39)(H,35,37). The minimum atomic E-state index is -0.349. The van der Waals surface area contributed by atoms with Gasteiger partial charge in [-0.2, -0.15) is 0 Å². The molecule has 0 radical (unpaired) electrons. The largest absolute Gasteiger partial charge is 0.497 e. The molecule has 0 bridgehead atoms. The van der Waals surface area contributed by atoms with E-state index in [1.54, 1.807) is 24.8 Å². The van der Waals surface area contributed by atoms with Crippen molar-refractivity contribution in [2.45, 2.75) is 0 Å². The van der Waals surface area contributed by atoms with E-state index in [1.165, 1.54) is 0 Å². The summed E-state index contributed by atoms with van der Waals surface area (Å²) >= 11 is 0. The molecule has 202 valence electrons. The summed E-state index contributed by atoms with van der Waals surface area (Å²) < 4.78 is 12.7. The van der Waals surface area contributed by atoms with Crippen LogP contribution in [-0.2, 0) is 0 Å². The van der Waals surface area contributed by atoms with Crippen LogP contribution < -0.4 is 20.1 Å². The third-order valence-electron chi connectivity index (χ3n) is 6.65. The number of anilines is 3. The molecule has 0 spiro atoms. The molecule has 8 heteroatoms. The summed E-state index contributed by atoms with van der Waals surface area (Å²) in [6.45, 7) is 0. The van der Waals surface area contributed by atoms with Gasteiger partial charge in [-0.3, -0.25) is 4.79 Å². The minimum Gasteiger partial charge on any atom is -0.497 e. The first kappa shape index (κ1) is 25.6. The van der Waals surface area contributed by atoms with Crippen LogP contribution in [0.3, 0.4) is 0 Å². The van der Waals surface area contributed by atoms with Crippen LogP contribution in [0.4, 0.5) is 17.2 Å². The maximum atomic E-state index is 14.0. The van der Waals surface area contributed by atoms with Gasteiger partial charge in [-0.1, -0.05) is 78.9 Å². The van der Waals surface area contributed by atoms with Gasteiger partial charge in [0.05, 0.1) is 31.3 Å². The van der Waals surface area contributed by atoms with Crippen LogP contribution in [0, 0.1) is 0 Å². The predicted molar refractivity (Wildman–Crippen MR) is 161 cm³/mol. The van der Waals surface area contributed by atoms with Gasteiger partial charge in [-0.25, -0.2) is 9.50 Å². The van der Waals surface area contributed by atoms with Crippen molar-refractivity contribution >= 4 is 28.7 Å². The fourth-order valence-electron chi connectivity index (χ4n) is 4.63. The minimum absolute atomic E-state index is 0.293. The van der Waals surface area contributed by atoms with Gasteiger partial charge in [0.2, 0.25) is 0 Å². The topological polar surface area (TPSA) is 89.8 Å². The number of ether oxygens (including phenoxy) is 2. The molecule has 0 aliphatic heterocycles. The highest BCUT2D eigenvalue weighted by Gasteiger charge is 2.25. The summed E-state index contributed by atoms with van der Waals surface area (Å²) in [4.78, 5) is 18.9. The highest BCUT2D eigenvalue weighted by atomic mass is 16.5.